The second-order valence-corrected chi connectivity index (χ2v) is 6.08. The Morgan fingerprint density at radius 3 is 2.62 bits per heavy atom. The summed E-state index contributed by atoms with van der Waals surface area (Å²) in [7, 11) is 0. The second kappa shape index (κ2) is 5.28. The van der Waals surface area contributed by atoms with E-state index in [1.165, 1.54) is 11.1 Å². The summed E-state index contributed by atoms with van der Waals surface area (Å²) in [5, 5.41) is 3.51. The molecule has 0 spiro atoms. The number of fused-ring (bicyclic) bond motifs is 1. The summed E-state index contributed by atoms with van der Waals surface area (Å²) in [6, 6.07) is 14.7. The van der Waals surface area contributed by atoms with Crippen LogP contribution in [-0.4, -0.2) is 5.60 Å². The number of hydrogen-bond donors (Lipinski definition) is 1. The summed E-state index contributed by atoms with van der Waals surface area (Å²) < 4.78 is 6.00. The lowest BCUT2D eigenvalue weighted by molar-refractivity contribution is 0.159. The molecule has 0 fully saturated rings. The van der Waals surface area contributed by atoms with E-state index in [1.807, 2.05) is 6.07 Å². The Morgan fingerprint density at radius 1 is 1.10 bits per heavy atom. The molecule has 0 bridgehead atoms. The molecule has 0 aliphatic carbocycles. The van der Waals surface area contributed by atoms with Crippen molar-refractivity contribution >= 4 is 11.8 Å². The quantitative estimate of drug-likeness (QED) is 0.872. The normalized spacial score (nSPS) is 15.2. The van der Waals surface area contributed by atoms with Crippen LogP contribution in [0.15, 0.2) is 48.5 Å². The van der Waals surface area contributed by atoms with Crippen molar-refractivity contribution in [2.45, 2.75) is 32.9 Å². The number of hydrogen-bond acceptors (Lipinski definition) is 2. The third-order valence-corrected chi connectivity index (χ3v) is 3.72. The monoisotopic (exact) mass is 279 g/mol. The highest BCUT2D eigenvalue weighted by Crippen LogP contribution is 2.34. The molecule has 2 aromatic carbocycles. The minimum Gasteiger partial charge on any atom is -0.483 e. The fourth-order valence-corrected chi connectivity index (χ4v) is 2.51. The molecule has 0 amide bonds. The van der Waals surface area contributed by atoms with E-state index in [2.05, 4.69) is 74.6 Å². The van der Waals surface area contributed by atoms with Crippen LogP contribution < -0.4 is 10.1 Å². The standard InChI is InChI=1S/C19H21NO/c1-14-11-18-16(9-10-19(2,3)21-18)12-17(14)20-13-15-7-5-4-6-8-15/h4-12,20H,13H2,1-3H3. The van der Waals surface area contributed by atoms with E-state index in [9.17, 15) is 0 Å². The summed E-state index contributed by atoms with van der Waals surface area (Å²) in [5.41, 5.74) is 4.55. The second-order valence-electron chi connectivity index (χ2n) is 6.08. The molecule has 1 heterocycles. The van der Waals surface area contributed by atoms with Gasteiger partial charge in [-0.15, -0.1) is 0 Å². The van der Waals surface area contributed by atoms with Gasteiger partial charge in [0.15, 0.2) is 0 Å². The lowest BCUT2D eigenvalue weighted by atomic mass is 10.00. The lowest BCUT2D eigenvalue weighted by Crippen LogP contribution is -2.27. The van der Waals surface area contributed by atoms with E-state index in [4.69, 9.17) is 4.74 Å². The number of rotatable bonds is 3. The van der Waals surface area contributed by atoms with Gasteiger partial charge in [-0.2, -0.15) is 0 Å². The Balaban J connectivity index is 1.81. The van der Waals surface area contributed by atoms with Crippen LogP contribution in [0.2, 0.25) is 0 Å². The molecule has 21 heavy (non-hydrogen) atoms. The van der Waals surface area contributed by atoms with Gasteiger partial charge < -0.3 is 10.1 Å². The van der Waals surface area contributed by atoms with Gasteiger partial charge >= 0.3 is 0 Å². The van der Waals surface area contributed by atoms with Gasteiger partial charge in [0.1, 0.15) is 11.4 Å². The van der Waals surface area contributed by atoms with E-state index in [1.54, 1.807) is 0 Å². The van der Waals surface area contributed by atoms with Crippen LogP contribution in [0.1, 0.15) is 30.5 Å². The van der Waals surface area contributed by atoms with E-state index in [0.29, 0.717) is 0 Å². The number of ether oxygens (including phenoxy) is 1. The van der Waals surface area contributed by atoms with Gasteiger partial charge in [0.05, 0.1) is 0 Å². The molecular formula is C19H21NO. The zero-order chi connectivity index (χ0) is 14.9. The summed E-state index contributed by atoms with van der Waals surface area (Å²) in [6.45, 7) is 7.09. The van der Waals surface area contributed by atoms with Crippen molar-refractivity contribution < 1.29 is 4.74 Å². The lowest BCUT2D eigenvalue weighted by Gasteiger charge is -2.28. The Morgan fingerprint density at radius 2 is 1.86 bits per heavy atom. The Labute approximate surface area is 126 Å². The zero-order valence-electron chi connectivity index (χ0n) is 12.8. The van der Waals surface area contributed by atoms with Crippen molar-refractivity contribution in [1.82, 2.24) is 0 Å². The minimum atomic E-state index is -0.224. The van der Waals surface area contributed by atoms with E-state index in [-0.39, 0.29) is 5.60 Å². The molecule has 0 atom stereocenters. The fourth-order valence-electron chi connectivity index (χ4n) is 2.51. The van der Waals surface area contributed by atoms with Crippen molar-refractivity contribution in [1.29, 1.82) is 0 Å². The van der Waals surface area contributed by atoms with Crippen molar-refractivity contribution in [3.8, 4) is 5.75 Å². The third kappa shape index (κ3) is 3.10. The average molecular weight is 279 g/mol. The van der Waals surface area contributed by atoms with Gasteiger partial charge in [0, 0.05) is 17.8 Å². The third-order valence-electron chi connectivity index (χ3n) is 3.72. The highest BCUT2D eigenvalue weighted by Gasteiger charge is 2.22. The van der Waals surface area contributed by atoms with Crippen molar-refractivity contribution in [2.24, 2.45) is 0 Å². The highest BCUT2D eigenvalue weighted by atomic mass is 16.5. The van der Waals surface area contributed by atoms with Crippen LogP contribution in [-0.2, 0) is 6.54 Å². The zero-order valence-corrected chi connectivity index (χ0v) is 12.8. The SMILES string of the molecule is Cc1cc2c(cc1NCc1ccccc1)C=CC(C)(C)O2. The topological polar surface area (TPSA) is 21.3 Å². The van der Waals surface area contributed by atoms with Crippen molar-refractivity contribution in [2.75, 3.05) is 5.32 Å². The largest absolute Gasteiger partial charge is 0.483 e. The molecule has 2 heteroatoms. The predicted octanol–water partition coefficient (Wildman–Crippen LogP) is 4.79. The van der Waals surface area contributed by atoms with Gasteiger partial charge in [-0.3, -0.25) is 0 Å². The first-order valence-electron chi connectivity index (χ1n) is 7.34. The molecule has 2 nitrogen and oxygen atoms in total. The molecule has 1 aliphatic heterocycles. The first-order chi connectivity index (χ1) is 10.0. The van der Waals surface area contributed by atoms with Crippen LogP contribution in [0.3, 0.4) is 0 Å². The molecule has 2 aromatic rings. The number of anilines is 1. The number of benzene rings is 2. The van der Waals surface area contributed by atoms with Gasteiger partial charge in [-0.05, 0) is 50.1 Å². The molecule has 0 radical (unpaired) electrons. The van der Waals surface area contributed by atoms with Gasteiger partial charge in [-0.1, -0.05) is 36.4 Å². The molecule has 0 saturated carbocycles. The van der Waals surface area contributed by atoms with Crippen LogP contribution >= 0.6 is 0 Å². The smallest absolute Gasteiger partial charge is 0.128 e. The predicted molar refractivity (Wildman–Crippen MR) is 88.7 cm³/mol. The summed E-state index contributed by atoms with van der Waals surface area (Å²) >= 11 is 0. The maximum Gasteiger partial charge on any atom is 0.128 e. The van der Waals surface area contributed by atoms with Gasteiger partial charge in [0.2, 0.25) is 0 Å². The molecule has 3 rings (SSSR count). The minimum absolute atomic E-state index is 0.224. The molecule has 0 unspecified atom stereocenters. The average Bonchev–Trinajstić information content (AvgIpc) is 2.45. The van der Waals surface area contributed by atoms with E-state index < -0.39 is 0 Å². The fraction of sp³-hybridized carbons (Fsp3) is 0.263. The Bertz CT molecular complexity index is 671. The summed E-state index contributed by atoms with van der Waals surface area (Å²) in [5.74, 6) is 0.963. The molecule has 108 valence electrons. The summed E-state index contributed by atoms with van der Waals surface area (Å²) in [4.78, 5) is 0. The first-order valence-corrected chi connectivity index (χ1v) is 7.34. The first kappa shape index (κ1) is 13.7. The number of nitrogens with one attached hydrogen (secondary N) is 1. The van der Waals surface area contributed by atoms with Gasteiger partial charge in [0.25, 0.3) is 0 Å². The van der Waals surface area contributed by atoms with E-state index >= 15 is 0 Å². The molecule has 0 aromatic heterocycles. The molecule has 1 aliphatic rings. The Hall–Kier alpha value is -2.22. The molecule has 1 N–H and O–H groups in total. The summed E-state index contributed by atoms with van der Waals surface area (Å²) in [6.07, 6.45) is 4.25. The number of aryl methyl sites for hydroxylation is 1. The van der Waals surface area contributed by atoms with Crippen LogP contribution in [0.25, 0.3) is 6.08 Å². The Kier molecular flexibility index (Phi) is 3.46. The van der Waals surface area contributed by atoms with Crippen LogP contribution in [0, 0.1) is 6.92 Å². The van der Waals surface area contributed by atoms with Crippen molar-refractivity contribution in [3.63, 3.8) is 0 Å². The van der Waals surface area contributed by atoms with Crippen LogP contribution in [0.5, 0.6) is 5.75 Å². The van der Waals surface area contributed by atoms with Crippen LogP contribution in [0.4, 0.5) is 5.69 Å². The molecular weight excluding hydrogens is 258 g/mol. The maximum atomic E-state index is 6.00. The van der Waals surface area contributed by atoms with Crippen molar-refractivity contribution in [3.05, 3.63) is 65.2 Å². The van der Waals surface area contributed by atoms with E-state index in [0.717, 1.165) is 23.5 Å². The maximum absolute atomic E-state index is 6.00. The highest BCUT2D eigenvalue weighted by molar-refractivity contribution is 5.68. The van der Waals surface area contributed by atoms with Gasteiger partial charge in [-0.25, -0.2) is 0 Å². The molecule has 0 saturated heterocycles.